The van der Waals surface area contributed by atoms with Crippen LogP contribution in [0.25, 0.3) is 0 Å². The van der Waals surface area contributed by atoms with E-state index >= 15 is 0 Å². The van der Waals surface area contributed by atoms with E-state index in [2.05, 4.69) is 5.32 Å². The first-order valence-electron chi connectivity index (χ1n) is 6.15. The second-order valence-electron chi connectivity index (χ2n) is 5.24. The molecule has 0 radical (unpaired) electrons. The van der Waals surface area contributed by atoms with Crippen LogP contribution in [0.3, 0.4) is 0 Å². The van der Waals surface area contributed by atoms with Crippen molar-refractivity contribution in [3.8, 4) is 0 Å². The maximum absolute atomic E-state index is 13.4. The Balaban J connectivity index is 2.63. The lowest BCUT2D eigenvalue weighted by atomic mass is 9.88. The molecule has 0 unspecified atom stereocenters. The molecule has 1 amide bonds. The largest absolute Gasteiger partial charge is 0.351 e. The van der Waals surface area contributed by atoms with Crippen molar-refractivity contribution < 1.29 is 13.6 Å². The van der Waals surface area contributed by atoms with Gasteiger partial charge in [-0.1, -0.05) is 19.9 Å². The summed E-state index contributed by atoms with van der Waals surface area (Å²) in [5.74, 6) is -2.17. The third-order valence-electron chi connectivity index (χ3n) is 2.91. The number of hydrogen-bond acceptors (Lipinski definition) is 1. The summed E-state index contributed by atoms with van der Waals surface area (Å²) in [6, 6.07) is 3.56. The van der Waals surface area contributed by atoms with Gasteiger partial charge < -0.3 is 5.32 Å². The van der Waals surface area contributed by atoms with Crippen LogP contribution >= 0.6 is 11.6 Å². The van der Waals surface area contributed by atoms with Gasteiger partial charge in [0.25, 0.3) is 5.91 Å². The topological polar surface area (TPSA) is 29.1 Å². The van der Waals surface area contributed by atoms with Gasteiger partial charge >= 0.3 is 0 Å². The van der Waals surface area contributed by atoms with Crippen LogP contribution < -0.4 is 5.32 Å². The predicted molar refractivity (Wildman–Crippen MR) is 72.4 cm³/mol. The summed E-state index contributed by atoms with van der Waals surface area (Å²) in [4.78, 5) is 11.8. The minimum atomic E-state index is -1.11. The van der Waals surface area contributed by atoms with Crippen molar-refractivity contribution in [1.29, 1.82) is 0 Å². The molecule has 0 saturated carbocycles. The van der Waals surface area contributed by atoms with E-state index in [1.807, 2.05) is 13.8 Å². The van der Waals surface area contributed by atoms with Gasteiger partial charge in [0.05, 0.1) is 5.56 Å². The van der Waals surface area contributed by atoms with Gasteiger partial charge in [0.15, 0.2) is 11.6 Å². The molecule has 1 rings (SSSR count). The molecule has 0 spiro atoms. The van der Waals surface area contributed by atoms with Gasteiger partial charge in [-0.2, -0.15) is 0 Å². The Hall–Kier alpha value is -1.16. The Kier molecular flexibility index (Phi) is 5.73. The smallest absolute Gasteiger partial charge is 0.254 e. The summed E-state index contributed by atoms with van der Waals surface area (Å²) in [7, 11) is 0. The molecule has 1 N–H and O–H groups in total. The second-order valence-corrected chi connectivity index (χ2v) is 5.62. The molecule has 1 aromatic rings. The molecule has 2 nitrogen and oxygen atoms in total. The quantitative estimate of drug-likeness (QED) is 0.794. The summed E-state index contributed by atoms with van der Waals surface area (Å²) < 4.78 is 26.4. The number of amides is 1. The molecule has 0 fully saturated rings. The van der Waals surface area contributed by atoms with Gasteiger partial charge in [0.2, 0.25) is 0 Å². The van der Waals surface area contributed by atoms with Gasteiger partial charge in [-0.15, -0.1) is 11.6 Å². The molecule has 0 saturated heterocycles. The number of hydrogen-bond donors (Lipinski definition) is 1. The fraction of sp³-hybridized carbons (Fsp3) is 0.500. The predicted octanol–water partition coefficient (Wildman–Crippen LogP) is 3.74. The van der Waals surface area contributed by atoms with Gasteiger partial charge in [0, 0.05) is 12.4 Å². The zero-order chi connectivity index (χ0) is 14.5. The minimum Gasteiger partial charge on any atom is -0.351 e. The molecule has 19 heavy (non-hydrogen) atoms. The first kappa shape index (κ1) is 15.9. The standard InChI is InChI=1S/C14H18ClF2NO/c1-14(2,7-4-8-15)9-18-13(19)10-5-3-6-11(16)12(10)17/h3,5-6H,4,7-9H2,1-2H3,(H,18,19). The van der Waals surface area contributed by atoms with E-state index in [1.165, 1.54) is 12.1 Å². The molecule has 106 valence electrons. The van der Waals surface area contributed by atoms with Crippen molar-refractivity contribution in [2.45, 2.75) is 26.7 Å². The lowest BCUT2D eigenvalue weighted by molar-refractivity contribution is 0.0929. The Labute approximate surface area is 117 Å². The maximum atomic E-state index is 13.4. The Bertz CT molecular complexity index is 449. The first-order chi connectivity index (χ1) is 8.87. The molecule has 0 aliphatic heterocycles. The number of carbonyl (C=O) groups excluding carboxylic acids is 1. The van der Waals surface area contributed by atoms with Crippen LogP contribution in [-0.2, 0) is 0 Å². The van der Waals surface area contributed by atoms with E-state index in [-0.39, 0.29) is 11.0 Å². The van der Waals surface area contributed by atoms with Crippen LogP contribution in [0, 0.1) is 17.0 Å². The average Bonchev–Trinajstić information content (AvgIpc) is 2.37. The third kappa shape index (κ3) is 4.78. The van der Waals surface area contributed by atoms with E-state index in [0.717, 1.165) is 18.9 Å². The number of nitrogens with one attached hydrogen (secondary N) is 1. The van der Waals surface area contributed by atoms with Crippen LogP contribution in [0.15, 0.2) is 18.2 Å². The van der Waals surface area contributed by atoms with Crippen LogP contribution in [0.2, 0.25) is 0 Å². The molecule has 0 bridgehead atoms. The van der Waals surface area contributed by atoms with Gasteiger partial charge in [-0.05, 0) is 30.4 Å². The summed E-state index contributed by atoms with van der Waals surface area (Å²) in [5, 5.41) is 2.63. The Morgan fingerprint density at radius 1 is 1.37 bits per heavy atom. The second kappa shape index (κ2) is 6.85. The molecule has 1 aromatic carbocycles. The van der Waals surface area contributed by atoms with Gasteiger partial charge in [-0.25, -0.2) is 8.78 Å². The van der Waals surface area contributed by atoms with Gasteiger partial charge in [0.1, 0.15) is 0 Å². The van der Waals surface area contributed by atoms with E-state index in [9.17, 15) is 13.6 Å². The van der Waals surface area contributed by atoms with Crippen LogP contribution in [0.4, 0.5) is 8.78 Å². The molecule has 0 aromatic heterocycles. The number of benzene rings is 1. The third-order valence-corrected chi connectivity index (χ3v) is 3.18. The van der Waals surface area contributed by atoms with Crippen LogP contribution in [0.1, 0.15) is 37.0 Å². The molecule has 0 aliphatic carbocycles. The van der Waals surface area contributed by atoms with Crippen LogP contribution in [-0.4, -0.2) is 18.3 Å². The highest BCUT2D eigenvalue weighted by molar-refractivity contribution is 6.17. The van der Waals surface area contributed by atoms with Crippen molar-refractivity contribution in [3.05, 3.63) is 35.4 Å². The van der Waals surface area contributed by atoms with E-state index in [0.29, 0.717) is 12.4 Å². The average molecular weight is 290 g/mol. The molecule has 0 atom stereocenters. The number of carbonyl (C=O) groups is 1. The van der Waals surface area contributed by atoms with Crippen molar-refractivity contribution in [2.75, 3.05) is 12.4 Å². The van der Waals surface area contributed by atoms with Crippen LogP contribution in [0.5, 0.6) is 0 Å². The highest BCUT2D eigenvalue weighted by Crippen LogP contribution is 2.21. The van der Waals surface area contributed by atoms with Crippen molar-refractivity contribution in [2.24, 2.45) is 5.41 Å². The van der Waals surface area contributed by atoms with Gasteiger partial charge in [-0.3, -0.25) is 4.79 Å². The minimum absolute atomic E-state index is 0.131. The lowest BCUT2D eigenvalue weighted by Crippen LogP contribution is -2.34. The van der Waals surface area contributed by atoms with E-state index in [4.69, 9.17) is 11.6 Å². The highest BCUT2D eigenvalue weighted by Gasteiger charge is 2.20. The Morgan fingerprint density at radius 3 is 2.68 bits per heavy atom. The normalized spacial score (nSPS) is 11.4. The summed E-state index contributed by atoms with van der Waals surface area (Å²) in [6.45, 7) is 4.36. The number of rotatable bonds is 6. The number of halogens is 3. The molecule has 5 heteroatoms. The van der Waals surface area contributed by atoms with E-state index < -0.39 is 17.5 Å². The van der Waals surface area contributed by atoms with Crippen molar-refractivity contribution >= 4 is 17.5 Å². The monoisotopic (exact) mass is 289 g/mol. The maximum Gasteiger partial charge on any atom is 0.254 e. The molecule has 0 aliphatic rings. The Morgan fingerprint density at radius 2 is 2.05 bits per heavy atom. The number of alkyl halides is 1. The zero-order valence-corrected chi connectivity index (χ0v) is 11.9. The fourth-order valence-electron chi connectivity index (χ4n) is 1.73. The highest BCUT2D eigenvalue weighted by atomic mass is 35.5. The van der Waals surface area contributed by atoms with E-state index in [1.54, 1.807) is 0 Å². The van der Waals surface area contributed by atoms with Crippen molar-refractivity contribution in [3.63, 3.8) is 0 Å². The zero-order valence-electron chi connectivity index (χ0n) is 11.1. The summed E-state index contributed by atoms with van der Waals surface area (Å²) in [5.41, 5.74) is -0.401. The fourth-order valence-corrected chi connectivity index (χ4v) is 1.86. The summed E-state index contributed by atoms with van der Waals surface area (Å²) >= 11 is 5.63. The van der Waals surface area contributed by atoms with Crippen molar-refractivity contribution in [1.82, 2.24) is 5.32 Å². The molecular weight excluding hydrogens is 272 g/mol. The molecule has 0 heterocycles. The summed E-state index contributed by atoms with van der Waals surface area (Å²) in [6.07, 6.45) is 1.70. The lowest BCUT2D eigenvalue weighted by Gasteiger charge is -2.24. The SMILES string of the molecule is CC(C)(CCCCl)CNC(=O)c1cccc(F)c1F. The molecular formula is C14H18ClF2NO. The first-order valence-corrected chi connectivity index (χ1v) is 6.69.